The van der Waals surface area contributed by atoms with Gasteiger partial charge in [-0.3, -0.25) is 9.71 Å². The smallest absolute Gasteiger partial charge is 0.264 e. The fourth-order valence-corrected chi connectivity index (χ4v) is 6.16. The van der Waals surface area contributed by atoms with Crippen molar-refractivity contribution in [1.29, 1.82) is 0 Å². The molecule has 0 saturated carbocycles. The van der Waals surface area contributed by atoms with Crippen molar-refractivity contribution in [3.8, 4) is 27.4 Å². The molecule has 0 atom stereocenters. The van der Waals surface area contributed by atoms with Crippen molar-refractivity contribution < 1.29 is 21.9 Å². The number of aromatic nitrogens is 4. The minimum Gasteiger partial charge on any atom is -0.480 e. The van der Waals surface area contributed by atoms with E-state index in [1.807, 2.05) is 13.0 Å². The molecule has 5 rings (SSSR count). The maximum absolute atomic E-state index is 14.2. The van der Waals surface area contributed by atoms with Crippen LogP contribution in [0.4, 0.5) is 14.5 Å². The Morgan fingerprint density at radius 2 is 1.81 bits per heavy atom. The number of rotatable bonds is 6. The lowest BCUT2D eigenvalue weighted by molar-refractivity contribution is 0.400. The molecule has 0 aliphatic carbocycles. The molecule has 0 spiro atoms. The third-order valence-electron chi connectivity index (χ3n) is 5.43. The van der Waals surface area contributed by atoms with Gasteiger partial charge >= 0.3 is 0 Å². The first kappa shape index (κ1) is 23.7. The van der Waals surface area contributed by atoms with Gasteiger partial charge in [-0.05, 0) is 42.8 Å². The van der Waals surface area contributed by atoms with Gasteiger partial charge in [0.1, 0.15) is 22.2 Å². The Bertz CT molecular complexity index is 1710. The van der Waals surface area contributed by atoms with Crippen LogP contribution >= 0.6 is 11.3 Å². The average molecular weight is 526 g/mol. The Morgan fingerprint density at radius 3 is 2.53 bits per heavy atom. The fraction of sp³-hybridized carbons (Fsp3) is 0.0833. The van der Waals surface area contributed by atoms with E-state index in [0.717, 1.165) is 43.9 Å². The molecule has 0 aliphatic heterocycles. The number of aryl methyl sites for hydroxylation is 1. The molecule has 0 amide bonds. The van der Waals surface area contributed by atoms with Gasteiger partial charge in [0.2, 0.25) is 5.88 Å². The van der Waals surface area contributed by atoms with Crippen molar-refractivity contribution in [3.05, 3.63) is 78.4 Å². The Hall–Kier alpha value is -4.03. The van der Waals surface area contributed by atoms with Gasteiger partial charge in [-0.1, -0.05) is 0 Å². The van der Waals surface area contributed by atoms with E-state index in [1.54, 1.807) is 36.9 Å². The molecule has 0 saturated heterocycles. The number of nitrogens with one attached hydrogen (secondary N) is 1. The summed E-state index contributed by atoms with van der Waals surface area (Å²) in [5.74, 6) is -2.11. The van der Waals surface area contributed by atoms with E-state index in [1.165, 1.54) is 18.4 Å². The molecule has 5 aromatic rings. The number of hydrogen-bond donors (Lipinski definition) is 1. The highest BCUT2D eigenvalue weighted by Crippen LogP contribution is 2.42. The summed E-state index contributed by atoms with van der Waals surface area (Å²) in [6, 6.07) is 7.43. The van der Waals surface area contributed by atoms with Gasteiger partial charge in [0.15, 0.2) is 0 Å². The first-order chi connectivity index (χ1) is 17.3. The van der Waals surface area contributed by atoms with Crippen molar-refractivity contribution in [2.75, 3.05) is 11.8 Å². The van der Waals surface area contributed by atoms with Crippen molar-refractivity contribution >= 4 is 37.3 Å². The Kier molecular flexibility index (Phi) is 6.06. The molecule has 8 nitrogen and oxygen atoms in total. The minimum atomic E-state index is -4.41. The third-order valence-corrected chi connectivity index (χ3v) is 8.20. The summed E-state index contributed by atoms with van der Waals surface area (Å²) in [5.41, 5.74) is 4.01. The standard InChI is InChI=1S/C24H17F2N5O3S2/c1-13-21-23(35-22(13)14-5-8-29-30-12-14)17(6-7-27-21)15-9-19(24(34-2)28-11-15)31-36(32,33)20-4-3-16(25)10-18(20)26/h3-12,31H,1-2H3. The Labute approximate surface area is 208 Å². The molecule has 0 bridgehead atoms. The summed E-state index contributed by atoms with van der Waals surface area (Å²) in [6.07, 6.45) is 6.50. The number of nitrogens with zero attached hydrogens (tertiary/aromatic N) is 4. The van der Waals surface area contributed by atoms with Crippen molar-refractivity contribution in [2.24, 2.45) is 0 Å². The molecule has 0 radical (unpaired) electrons. The molecule has 0 unspecified atom stereocenters. The predicted molar refractivity (Wildman–Crippen MR) is 132 cm³/mol. The lowest BCUT2D eigenvalue weighted by atomic mass is 10.1. The highest BCUT2D eigenvalue weighted by molar-refractivity contribution is 7.92. The van der Waals surface area contributed by atoms with Crippen LogP contribution in [0.1, 0.15) is 5.56 Å². The zero-order valence-corrected chi connectivity index (χ0v) is 20.5. The number of fused-ring (bicyclic) bond motifs is 1. The number of pyridine rings is 2. The minimum absolute atomic E-state index is 0.00415. The second-order valence-corrected chi connectivity index (χ2v) is 10.4. The summed E-state index contributed by atoms with van der Waals surface area (Å²) in [4.78, 5) is 9.05. The average Bonchev–Trinajstić information content (AvgIpc) is 3.20. The van der Waals surface area contributed by atoms with Gasteiger partial charge in [0, 0.05) is 40.0 Å². The molecule has 0 aliphatic rings. The molecule has 4 heterocycles. The van der Waals surface area contributed by atoms with E-state index in [9.17, 15) is 17.2 Å². The van der Waals surface area contributed by atoms with Crippen molar-refractivity contribution in [3.63, 3.8) is 0 Å². The van der Waals surface area contributed by atoms with Gasteiger partial charge < -0.3 is 4.74 Å². The largest absolute Gasteiger partial charge is 0.480 e. The number of sulfonamides is 1. The van der Waals surface area contributed by atoms with Crippen LogP contribution in [0.2, 0.25) is 0 Å². The molecule has 182 valence electrons. The van der Waals surface area contributed by atoms with E-state index in [-0.39, 0.29) is 11.6 Å². The SMILES string of the molecule is COc1ncc(-c2ccnc3c(C)c(-c4ccnnc4)sc23)cc1NS(=O)(=O)c1ccc(F)cc1F. The van der Waals surface area contributed by atoms with Crippen LogP contribution in [0.5, 0.6) is 5.88 Å². The van der Waals surface area contributed by atoms with E-state index in [4.69, 9.17) is 4.74 Å². The first-order valence-corrected chi connectivity index (χ1v) is 12.8. The normalized spacial score (nSPS) is 11.6. The van der Waals surface area contributed by atoms with Crippen molar-refractivity contribution in [2.45, 2.75) is 11.8 Å². The lowest BCUT2D eigenvalue weighted by Crippen LogP contribution is -2.15. The molecular weight excluding hydrogens is 508 g/mol. The predicted octanol–water partition coefficient (Wildman–Crippen LogP) is 5.21. The zero-order chi connectivity index (χ0) is 25.4. The van der Waals surface area contributed by atoms with Crippen LogP contribution in [0.3, 0.4) is 0 Å². The maximum atomic E-state index is 14.2. The molecule has 12 heteroatoms. The van der Waals surface area contributed by atoms with Crippen LogP contribution < -0.4 is 9.46 Å². The number of ether oxygens (including phenoxy) is 1. The third kappa shape index (κ3) is 4.25. The zero-order valence-electron chi connectivity index (χ0n) is 18.9. The summed E-state index contributed by atoms with van der Waals surface area (Å²) >= 11 is 1.51. The van der Waals surface area contributed by atoms with Crippen molar-refractivity contribution in [1.82, 2.24) is 20.2 Å². The summed E-state index contributed by atoms with van der Waals surface area (Å²) in [6.45, 7) is 1.97. The summed E-state index contributed by atoms with van der Waals surface area (Å²) in [5, 5.41) is 7.78. The highest BCUT2D eigenvalue weighted by Gasteiger charge is 2.23. The Morgan fingerprint density at radius 1 is 0.972 bits per heavy atom. The van der Waals surface area contributed by atoms with Gasteiger partial charge in [-0.25, -0.2) is 22.2 Å². The van der Waals surface area contributed by atoms with Crippen LogP contribution in [-0.4, -0.2) is 35.7 Å². The molecule has 36 heavy (non-hydrogen) atoms. The summed E-state index contributed by atoms with van der Waals surface area (Å²) in [7, 11) is -3.07. The van der Waals surface area contributed by atoms with E-state index < -0.39 is 26.6 Å². The maximum Gasteiger partial charge on any atom is 0.264 e. The number of halogens is 2. The second kappa shape index (κ2) is 9.21. The van der Waals surface area contributed by atoms with E-state index in [0.29, 0.717) is 11.6 Å². The number of benzene rings is 1. The van der Waals surface area contributed by atoms with Crippen LogP contribution in [0.15, 0.2) is 66.1 Å². The van der Waals surface area contributed by atoms with Crippen LogP contribution in [-0.2, 0) is 10.0 Å². The molecule has 1 aromatic carbocycles. The molecular formula is C24H17F2N5O3S2. The number of anilines is 1. The summed E-state index contributed by atoms with van der Waals surface area (Å²) < 4.78 is 61.7. The highest BCUT2D eigenvalue weighted by atomic mass is 32.2. The van der Waals surface area contributed by atoms with Gasteiger partial charge in [-0.2, -0.15) is 10.2 Å². The molecule has 0 fully saturated rings. The first-order valence-electron chi connectivity index (χ1n) is 10.5. The van der Waals surface area contributed by atoms with E-state index >= 15 is 0 Å². The lowest BCUT2D eigenvalue weighted by Gasteiger charge is -2.13. The van der Waals surface area contributed by atoms with E-state index in [2.05, 4.69) is 24.9 Å². The molecule has 1 N–H and O–H groups in total. The monoisotopic (exact) mass is 525 g/mol. The Balaban J connectivity index is 1.61. The topological polar surface area (TPSA) is 107 Å². The van der Waals surface area contributed by atoms with Gasteiger partial charge in [0.05, 0.1) is 29.7 Å². The quantitative estimate of drug-likeness (QED) is 0.324. The van der Waals surface area contributed by atoms with Crippen LogP contribution in [0, 0.1) is 18.6 Å². The fourth-order valence-electron chi connectivity index (χ4n) is 3.76. The number of methoxy groups -OCH3 is 1. The van der Waals surface area contributed by atoms with Gasteiger partial charge in [0.25, 0.3) is 10.0 Å². The molecule has 4 aromatic heterocycles. The number of thiophene rings is 1. The second-order valence-electron chi connectivity index (χ2n) is 7.68. The van der Waals surface area contributed by atoms with Gasteiger partial charge in [-0.15, -0.1) is 11.3 Å². The van der Waals surface area contributed by atoms with Crippen LogP contribution in [0.25, 0.3) is 31.8 Å². The number of hydrogen-bond acceptors (Lipinski definition) is 8.